The lowest BCUT2D eigenvalue weighted by Gasteiger charge is -2.47. The highest BCUT2D eigenvalue weighted by Gasteiger charge is 2.34. The van der Waals surface area contributed by atoms with Crippen molar-refractivity contribution in [2.75, 3.05) is 13.1 Å². The molecule has 2 amide bonds. The molecule has 1 atom stereocenters. The van der Waals surface area contributed by atoms with Gasteiger partial charge in [0, 0.05) is 31.7 Å². The molecule has 2 fully saturated rings. The van der Waals surface area contributed by atoms with Gasteiger partial charge in [0.05, 0.1) is 5.56 Å². The summed E-state index contributed by atoms with van der Waals surface area (Å²) in [4.78, 5) is 14.5. The highest BCUT2D eigenvalue weighted by Crippen LogP contribution is 2.29. The van der Waals surface area contributed by atoms with Gasteiger partial charge in [-0.2, -0.15) is 5.26 Å². The summed E-state index contributed by atoms with van der Waals surface area (Å²) in [5, 5.41) is 14.4. The van der Waals surface area contributed by atoms with Gasteiger partial charge >= 0.3 is 6.03 Å². The van der Waals surface area contributed by atoms with Crippen molar-refractivity contribution in [2.24, 2.45) is 0 Å². The molecule has 0 bridgehead atoms. The Bertz CT molecular complexity index is 651. The molecule has 1 unspecified atom stereocenters. The van der Waals surface area contributed by atoms with Crippen molar-refractivity contribution < 1.29 is 9.18 Å². The van der Waals surface area contributed by atoms with Gasteiger partial charge in [0.2, 0.25) is 0 Å². The Morgan fingerprint density at radius 2 is 2.04 bits per heavy atom. The molecular formula is C19H25FN4O. The van der Waals surface area contributed by atoms with Crippen LogP contribution in [0.4, 0.5) is 9.18 Å². The fraction of sp³-hybridized carbons (Fsp3) is 0.579. The topological polar surface area (TPSA) is 68.2 Å². The lowest BCUT2D eigenvalue weighted by atomic mass is 9.89. The average Bonchev–Trinajstić information content (AvgIpc) is 2.60. The molecule has 25 heavy (non-hydrogen) atoms. The first-order valence-electron chi connectivity index (χ1n) is 9.13. The highest BCUT2D eigenvalue weighted by atomic mass is 19.1. The van der Waals surface area contributed by atoms with E-state index in [1.807, 2.05) is 0 Å². The molecule has 6 heteroatoms. The van der Waals surface area contributed by atoms with Crippen LogP contribution in [-0.2, 0) is 6.54 Å². The summed E-state index contributed by atoms with van der Waals surface area (Å²) in [5.41, 5.74) is 0.653. The molecule has 1 aliphatic carbocycles. The van der Waals surface area contributed by atoms with Crippen LogP contribution >= 0.6 is 0 Å². The molecule has 1 aliphatic heterocycles. The van der Waals surface area contributed by atoms with Crippen molar-refractivity contribution in [2.45, 2.75) is 57.2 Å². The number of carbonyl (C=O) groups is 1. The molecular weight excluding hydrogens is 319 g/mol. The Hall–Kier alpha value is -2.13. The van der Waals surface area contributed by atoms with Gasteiger partial charge in [-0.25, -0.2) is 9.18 Å². The quantitative estimate of drug-likeness (QED) is 0.863. The molecule has 1 aromatic carbocycles. The molecule has 2 N–H and O–H groups in total. The number of amides is 2. The lowest BCUT2D eigenvalue weighted by Crippen LogP contribution is -2.58. The Balaban J connectivity index is 1.39. The number of hydrogen-bond acceptors (Lipinski definition) is 3. The van der Waals surface area contributed by atoms with Gasteiger partial charge in [0.15, 0.2) is 0 Å². The third-order valence-corrected chi connectivity index (χ3v) is 5.34. The largest absolute Gasteiger partial charge is 0.337 e. The molecule has 1 saturated heterocycles. The first kappa shape index (κ1) is 17.7. The van der Waals surface area contributed by atoms with Crippen LogP contribution in [0.15, 0.2) is 18.2 Å². The number of rotatable bonds is 5. The second kappa shape index (κ2) is 8.30. The van der Waals surface area contributed by atoms with Crippen LogP contribution in [-0.4, -0.2) is 36.1 Å². The van der Waals surface area contributed by atoms with E-state index in [0.717, 1.165) is 13.0 Å². The average molecular weight is 344 g/mol. The van der Waals surface area contributed by atoms with Crippen LogP contribution in [0.1, 0.15) is 49.7 Å². The normalized spacial score (nSPS) is 21.2. The molecule has 134 valence electrons. The number of benzene rings is 1. The smallest absolute Gasteiger partial charge is 0.315 e. The molecule has 2 aliphatic rings. The second-order valence-corrected chi connectivity index (χ2v) is 6.96. The maximum atomic E-state index is 13.5. The first-order chi connectivity index (χ1) is 12.2. The van der Waals surface area contributed by atoms with E-state index in [2.05, 4.69) is 15.5 Å². The van der Waals surface area contributed by atoms with E-state index in [-0.39, 0.29) is 18.1 Å². The number of nitriles is 1. The zero-order valence-electron chi connectivity index (χ0n) is 14.4. The van der Waals surface area contributed by atoms with Gasteiger partial charge in [0.1, 0.15) is 11.9 Å². The zero-order chi connectivity index (χ0) is 17.6. The van der Waals surface area contributed by atoms with Crippen molar-refractivity contribution >= 4 is 6.03 Å². The Kier molecular flexibility index (Phi) is 5.87. The summed E-state index contributed by atoms with van der Waals surface area (Å²) >= 11 is 0. The fourth-order valence-corrected chi connectivity index (χ4v) is 3.79. The second-order valence-electron chi connectivity index (χ2n) is 6.96. The van der Waals surface area contributed by atoms with E-state index in [9.17, 15) is 9.18 Å². The zero-order valence-corrected chi connectivity index (χ0v) is 14.4. The number of nitrogens with one attached hydrogen (secondary N) is 2. The Morgan fingerprint density at radius 1 is 1.24 bits per heavy atom. The molecule has 3 rings (SSSR count). The number of halogens is 1. The summed E-state index contributed by atoms with van der Waals surface area (Å²) in [6.45, 7) is 2.04. The van der Waals surface area contributed by atoms with E-state index in [4.69, 9.17) is 5.26 Å². The maximum Gasteiger partial charge on any atom is 0.315 e. The number of carbonyl (C=O) groups excluding carboxylic acids is 1. The van der Waals surface area contributed by atoms with Gasteiger partial charge in [-0.1, -0.05) is 25.3 Å². The van der Waals surface area contributed by atoms with E-state index < -0.39 is 5.82 Å². The van der Waals surface area contributed by atoms with Gasteiger partial charge in [0.25, 0.3) is 0 Å². The lowest BCUT2D eigenvalue weighted by molar-refractivity contribution is 0.0256. The van der Waals surface area contributed by atoms with Gasteiger partial charge in [-0.05, 0) is 37.0 Å². The minimum atomic E-state index is -0.556. The number of nitrogens with zero attached hydrogens (tertiary/aromatic N) is 2. The van der Waals surface area contributed by atoms with Crippen LogP contribution in [0, 0.1) is 17.1 Å². The van der Waals surface area contributed by atoms with Crippen molar-refractivity contribution in [1.82, 2.24) is 15.5 Å². The Labute approximate surface area is 148 Å². The van der Waals surface area contributed by atoms with Gasteiger partial charge in [-0.3, -0.25) is 4.90 Å². The van der Waals surface area contributed by atoms with Crippen LogP contribution in [0.2, 0.25) is 0 Å². The molecule has 0 aromatic heterocycles. The van der Waals surface area contributed by atoms with Crippen LogP contribution < -0.4 is 10.6 Å². The van der Waals surface area contributed by atoms with Crippen molar-refractivity contribution in [3.63, 3.8) is 0 Å². The minimum absolute atomic E-state index is 0.0148. The fourth-order valence-electron chi connectivity index (χ4n) is 3.79. The molecule has 1 heterocycles. The van der Waals surface area contributed by atoms with E-state index >= 15 is 0 Å². The monoisotopic (exact) mass is 344 g/mol. The third kappa shape index (κ3) is 4.49. The molecule has 1 aromatic rings. The minimum Gasteiger partial charge on any atom is -0.337 e. The molecule has 0 radical (unpaired) electrons. The predicted octanol–water partition coefficient (Wildman–Crippen LogP) is 2.90. The number of hydrogen-bond donors (Lipinski definition) is 2. The standard InChI is InChI=1S/C19H25FN4O/c20-18-10-14(6-7-15(18)11-21)12-22-19(25)23-13-17-8-9-24(17)16-4-2-1-3-5-16/h6-7,10,16-17H,1-5,8-9,12-13H2,(H2,22,23,25). The molecule has 1 saturated carbocycles. The van der Waals surface area contributed by atoms with Crippen LogP contribution in [0.3, 0.4) is 0 Å². The van der Waals surface area contributed by atoms with Crippen LogP contribution in [0.25, 0.3) is 0 Å². The maximum absolute atomic E-state index is 13.5. The summed E-state index contributed by atoms with van der Waals surface area (Å²) in [6, 6.07) is 7.06. The summed E-state index contributed by atoms with van der Waals surface area (Å²) < 4.78 is 13.5. The summed E-state index contributed by atoms with van der Waals surface area (Å²) in [6.07, 6.45) is 7.70. The summed E-state index contributed by atoms with van der Waals surface area (Å²) in [7, 11) is 0. The molecule has 5 nitrogen and oxygen atoms in total. The van der Waals surface area contributed by atoms with E-state index in [0.29, 0.717) is 24.2 Å². The van der Waals surface area contributed by atoms with Crippen molar-refractivity contribution in [3.05, 3.63) is 35.1 Å². The van der Waals surface area contributed by atoms with Crippen molar-refractivity contribution in [3.8, 4) is 6.07 Å². The van der Waals surface area contributed by atoms with Gasteiger partial charge in [-0.15, -0.1) is 0 Å². The number of likely N-dealkylation sites (tertiary alicyclic amines) is 1. The van der Waals surface area contributed by atoms with E-state index in [1.54, 1.807) is 12.1 Å². The summed E-state index contributed by atoms with van der Waals surface area (Å²) in [5.74, 6) is -0.556. The molecule has 0 spiro atoms. The first-order valence-corrected chi connectivity index (χ1v) is 9.13. The highest BCUT2D eigenvalue weighted by molar-refractivity contribution is 5.73. The SMILES string of the molecule is N#Cc1ccc(CNC(=O)NCC2CCN2C2CCCCC2)cc1F. The van der Waals surface area contributed by atoms with Crippen molar-refractivity contribution in [1.29, 1.82) is 5.26 Å². The number of urea groups is 1. The predicted molar refractivity (Wildman–Crippen MR) is 93.3 cm³/mol. The Morgan fingerprint density at radius 3 is 2.68 bits per heavy atom. The van der Waals surface area contributed by atoms with Gasteiger partial charge < -0.3 is 10.6 Å². The third-order valence-electron chi connectivity index (χ3n) is 5.34. The van der Waals surface area contributed by atoms with Crippen LogP contribution in [0.5, 0.6) is 0 Å². The van der Waals surface area contributed by atoms with E-state index in [1.165, 1.54) is 44.2 Å².